The predicted molar refractivity (Wildman–Crippen MR) is 105 cm³/mol. The predicted octanol–water partition coefficient (Wildman–Crippen LogP) is 3.56. The Kier molecular flexibility index (Phi) is 4.73. The van der Waals surface area contributed by atoms with E-state index in [9.17, 15) is 4.79 Å². The van der Waals surface area contributed by atoms with Crippen molar-refractivity contribution in [3.8, 4) is 22.9 Å². The Labute approximate surface area is 168 Å². The maximum atomic E-state index is 12.8. The summed E-state index contributed by atoms with van der Waals surface area (Å²) in [5.74, 6) is 2.69. The van der Waals surface area contributed by atoms with Gasteiger partial charge in [-0.15, -0.1) is 0 Å². The maximum absolute atomic E-state index is 12.8. The van der Waals surface area contributed by atoms with Gasteiger partial charge in [0, 0.05) is 23.6 Å². The highest BCUT2D eigenvalue weighted by atomic mass is 16.7. The van der Waals surface area contributed by atoms with E-state index in [0.717, 1.165) is 36.3 Å². The summed E-state index contributed by atoms with van der Waals surface area (Å²) in [4.78, 5) is 19.5. The Bertz CT molecular complexity index is 1020. The third-order valence-corrected chi connectivity index (χ3v) is 5.39. The average Bonchev–Trinajstić information content (AvgIpc) is 3.43. The number of likely N-dealkylation sites (tertiary alicyclic amines) is 1. The van der Waals surface area contributed by atoms with Gasteiger partial charge in [0.05, 0.1) is 6.54 Å². The van der Waals surface area contributed by atoms with Gasteiger partial charge in [-0.05, 0) is 37.6 Å². The lowest BCUT2D eigenvalue weighted by Crippen LogP contribution is -2.38. The van der Waals surface area contributed by atoms with Crippen LogP contribution in [0.4, 0.5) is 0 Å². The van der Waals surface area contributed by atoms with E-state index in [-0.39, 0.29) is 18.5 Å². The molecule has 7 heteroatoms. The van der Waals surface area contributed by atoms with Crippen LogP contribution >= 0.6 is 0 Å². The average molecular weight is 391 g/mol. The largest absolute Gasteiger partial charge is 0.454 e. The quantitative estimate of drug-likeness (QED) is 0.616. The molecule has 1 fully saturated rings. The lowest BCUT2D eigenvalue weighted by atomic mass is 9.90. The summed E-state index contributed by atoms with van der Waals surface area (Å²) in [5, 5.41) is 4.10. The molecule has 0 aliphatic carbocycles. The molecule has 0 amide bonds. The van der Waals surface area contributed by atoms with Gasteiger partial charge in [-0.2, -0.15) is 4.98 Å². The molecule has 0 N–H and O–H groups in total. The van der Waals surface area contributed by atoms with Gasteiger partial charge in [-0.3, -0.25) is 9.69 Å². The van der Waals surface area contributed by atoms with Crippen molar-refractivity contribution in [1.29, 1.82) is 0 Å². The molecule has 1 unspecified atom stereocenters. The van der Waals surface area contributed by atoms with E-state index in [4.69, 9.17) is 14.0 Å². The summed E-state index contributed by atoms with van der Waals surface area (Å²) in [6.07, 6.45) is 1.89. The number of fused-ring (bicyclic) bond motifs is 1. The fraction of sp³-hybridized carbons (Fsp3) is 0.318. The Morgan fingerprint density at radius 3 is 2.86 bits per heavy atom. The number of benzene rings is 2. The number of hydrogen-bond donors (Lipinski definition) is 0. The van der Waals surface area contributed by atoms with Crippen molar-refractivity contribution in [3.05, 3.63) is 60.0 Å². The number of ketones is 1. The molecule has 148 valence electrons. The molecule has 0 radical (unpaired) electrons. The summed E-state index contributed by atoms with van der Waals surface area (Å²) < 4.78 is 16.2. The van der Waals surface area contributed by atoms with Gasteiger partial charge < -0.3 is 14.0 Å². The summed E-state index contributed by atoms with van der Waals surface area (Å²) in [7, 11) is 0. The zero-order valence-corrected chi connectivity index (χ0v) is 15.9. The van der Waals surface area contributed by atoms with Crippen molar-refractivity contribution < 1.29 is 18.8 Å². The van der Waals surface area contributed by atoms with Crippen molar-refractivity contribution in [2.75, 3.05) is 19.9 Å². The SMILES string of the molecule is O=C(c1ccccc1)C1CCCN(Cc2nc(-c3ccc4c(c3)OCO4)no2)C1. The van der Waals surface area contributed by atoms with Crippen LogP contribution in [-0.2, 0) is 6.54 Å². The molecule has 5 rings (SSSR count). The van der Waals surface area contributed by atoms with E-state index in [2.05, 4.69) is 15.0 Å². The second-order valence-electron chi connectivity index (χ2n) is 7.38. The number of aromatic nitrogens is 2. The van der Waals surface area contributed by atoms with E-state index in [0.29, 0.717) is 30.6 Å². The monoisotopic (exact) mass is 391 g/mol. The van der Waals surface area contributed by atoms with Crippen molar-refractivity contribution >= 4 is 5.78 Å². The second-order valence-corrected chi connectivity index (χ2v) is 7.38. The van der Waals surface area contributed by atoms with E-state index in [1.165, 1.54) is 0 Å². The summed E-state index contributed by atoms with van der Waals surface area (Å²) in [5.41, 5.74) is 1.60. The molecule has 7 nitrogen and oxygen atoms in total. The fourth-order valence-electron chi connectivity index (χ4n) is 3.91. The number of hydrogen-bond acceptors (Lipinski definition) is 7. The molecule has 0 spiro atoms. The van der Waals surface area contributed by atoms with Gasteiger partial charge in [0.1, 0.15) is 0 Å². The number of carbonyl (C=O) groups is 1. The minimum Gasteiger partial charge on any atom is -0.454 e. The Balaban J connectivity index is 1.25. The van der Waals surface area contributed by atoms with Crippen molar-refractivity contribution in [2.45, 2.75) is 19.4 Å². The first-order valence-corrected chi connectivity index (χ1v) is 9.80. The maximum Gasteiger partial charge on any atom is 0.241 e. The molecule has 3 aromatic rings. The number of Topliss-reactive ketones (excluding diaryl/α,β-unsaturated/α-hetero) is 1. The molecule has 0 bridgehead atoms. The van der Waals surface area contributed by atoms with Gasteiger partial charge in [-0.25, -0.2) is 0 Å². The van der Waals surface area contributed by atoms with Crippen LogP contribution < -0.4 is 9.47 Å². The minimum atomic E-state index is 0.00222. The van der Waals surface area contributed by atoms with Gasteiger partial charge in [0.2, 0.25) is 18.5 Å². The zero-order valence-electron chi connectivity index (χ0n) is 15.9. The highest BCUT2D eigenvalue weighted by molar-refractivity contribution is 5.98. The normalized spacial score (nSPS) is 18.7. The van der Waals surface area contributed by atoms with Crippen LogP contribution in [0.2, 0.25) is 0 Å². The first-order chi connectivity index (χ1) is 14.3. The van der Waals surface area contributed by atoms with Gasteiger partial charge in [0.15, 0.2) is 17.3 Å². The van der Waals surface area contributed by atoms with Crippen LogP contribution in [0.5, 0.6) is 11.5 Å². The fourth-order valence-corrected chi connectivity index (χ4v) is 3.91. The van der Waals surface area contributed by atoms with Crippen molar-refractivity contribution in [3.63, 3.8) is 0 Å². The second kappa shape index (κ2) is 7.67. The summed E-state index contributed by atoms with van der Waals surface area (Å²) >= 11 is 0. The first kappa shape index (κ1) is 17.9. The Morgan fingerprint density at radius 2 is 1.97 bits per heavy atom. The molecule has 0 saturated carbocycles. The van der Waals surface area contributed by atoms with E-state index in [1.54, 1.807) is 0 Å². The number of piperidine rings is 1. The molecule has 3 heterocycles. The molecule has 29 heavy (non-hydrogen) atoms. The highest BCUT2D eigenvalue weighted by Gasteiger charge is 2.27. The summed E-state index contributed by atoms with van der Waals surface area (Å²) in [6.45, 7) is 2.39. The highest BCUT2D eigenvalue weighted by Crippen LogP contribution is 2.35. The van der Waals surface area contributed by atoms with E-state index < -0.39 is 0 Å². The van der Waals surface area contributed by atoms with E-state index in [1.807, 2.05) is 48.5 Å². The first-order valence-electron chi connectivity index (χ1n) is 9.80. The van der Waals surface area contributed by atoms with Crippen LogP contribution in [0.15, 0.2) is 53.1 Å². The van der Waals surface area contributed by atoms with Crippen LogP contribution in [0.3, 0.4) is 0 Å². The molecule has 1 atom stereocenters. The molecule has 2 aliphatic rings. The number of nitrogens with zero attached hydrogens (tertiary/aromatic N) is 3. The molecular formula is C22H21N3O4. The number of ether oxygens (including phenoxy) is 2. The Hall–Kier alpha value is -3.19. The van der Waals surface area contributed by atoms with E-state index >= 15 is 0 Å². The number of carbonyl (C=O) groups excluding carboxylic acids is 1. The minimum absolute atomic E-state index is 0.00222. The van der Waals surface area contributed by atoms with Gasteiger partial charge >= 0.3 is 0 Å². The van der Waals surface area contributed by atoms with Crippen LogP contribution in [0, 0.1) is 5.92 Å². The topological polar surface area (TPSA) is 77.7 Å². The van der Waals surface area contributed by atoms with Crippen molar-refractivity contribution in [2.24, 2.45) is 5.92 Å². The molecule has 1 aromatic heterocycles. The third kappa shape index (κ3) is 3.73. The smallest absolute Gasteiger partial charge is 0.241 e. The summed E-state index contributed by atoms with van der Waals surface area (Å²) in [6, 6.07) is 15.1. The molecular weight excluding hydrogens is 370 g/mol. The molecule has 2 aromatic carbocycles. The van der Waals surface area contributed by atoms with Gasteiger partial charge in [0.25, 0.3) is 0 Å². The van der Waals surface area contributed by atoms with Crippen LogP contribution in [-0.4, -0.2) is 40.7 Å². The standard InChI is InChI=1S/C22H21N3O4/c26-21(15-5-2-1-3-6-15)17-7-4-10-25(12-17)13-20-23-22(24-29-20)16-8-9-18-19(11-16)28-14-27-18/h1-3,5-6,8-9,11,17H,4,7,10,12-14H2. The molecule has 2 aliphatic heterocycles. The zero-order chi connectivity index (χ0) is 19.6. The van der Waals surface area contributed by atoms with Crippen LogP contribution in [0.1, 0.15) is 29.1 Å². The van der Waals surface area contributed by atoms with Crippen LogP contribution in [0.25, 0.3) is 11.4 Å². The third-order valence-electron chi connectivity index (χ3n) is 5.39. The van der Waals surface area contributed by atoms with Crippen molar-refractivity contribution in [1.82, 2.24) is 15.0 Å². The lowest BCUT2D eigenvalue weighted by Gasteiger charge is -2.30. The Morgan fingerprint density at radius 1 is 1.10 bits per heavy atom. The number of rotatable bonds is 5. The molecule has 1 saturated heterocycles. The van der Waals surface area contributed by atoms with Gasteiger partial charge in [-0.1, -0.05) is 35.5 Å². The lowest BCUT2D eigenvalue weighted by molar-refractivity contribution is 0.0797.